The molecule has 0 heterocycles. The Morgan fingerprint density at radius 1 is 0.867 bits per heavy atom. The molecule has 0 saturated heterocycles. The van der Waals surface area contributed by atoms with Gasteiger partial charge in [0.15, 0.2) is 28.6 Å². The fourth-order valence-electron chi connectivity index (χ4n) is 7.17. The minimum absolute atomic E-state index is 0.0692. The molecular weight excluding hydrogens is 384 g/mol. The van der Waals surface area contributed by atoms with Crippen LogP contribution >= 0.6 is 0 Å². The topological polar surface area (TPSA) is 112 Å². The zero-order chi connectivity index (χ0) is 22.3. The number of hydrogen-bond donors (Lipinski definition) is 3. The highest BCUT2D eigenvalue weighted by Gasteiger charge is 2.65. The lowest BCUT2D eigenvalue weighted by Crippen LogP contribution is -2.62. The van der Waals surface area contributed by atoms with E-state index in [1.807, 2.05) is 6.92 Å². The maximum Gasteiger partial charge on any atom is 0.180 e. The molecule has 0 amide bonds. The van der Waals surface area contributed by atoms with Gasteiger partial charge in [-0.15, -0.1) is 0 Å². The fourth-order valence-corrected chi connectivity index (χ4v) is 7.17. The van der Waals surface area contributed by atoms with Gasteiger partial charge in [-0.1, -0.05) is 6.92 Å². The first-order valence-electron chi connectivity index (χ1n) is 11.0. The van der Waals surface area contributed by atoms with Gasteiger partial charge in [-0.25, -0.2) is 0 Å². The lowest BCUT2D eigenvalue weighted by molar-refractivity contribution is -0.162. The second-order valence-corrected chi connectivity index (χ2v) is 10.2. The van der Waals surface area contributed by atoms with Crippen LogP contribution in [0, 0.1) is 23.2 Å². The third kappa shape index (κ3) is 2.44. The van der Waals surface area contributed by atoms with Crippen LogP contribution in [0.15, 0.2) is 23.3 Å². The Hall–Kier alpha value is -1.63. The summed E-state index contributed by atoms with van der Waals surface area (Å²) in [7, 11) is 0. The third-order valence-electron chi connectivity index (χ3n) is 9.09. The van der Waals surface area contributed by atoms with Crippen molar-refractivity contribution in [1.82, 2.24) is 0 Å². The molecule has 0 aromatic rings. The summed E-state index contributed by atoms with van der Waals surface area (Å²) in [4.78, 5) is 36.9. The molecule has 3 saturated carbocycles. The maximum absolute atomic E-state index is 12.4. The van der Waals surface area contributed by atoms with E-state index in [2.05, 4.69) is 0 Å². The van der Waals surface area contributed by atoms with E-state index >= 15 is 0 Å². The van der Waals surface area contributed by atoms with Gasteiger partial charge in [0.2, 0.25) is 0 Å². The fraction of sp³-hybridized carbons (Fsp3) is 0.708. The van der Waals surface area contributed by atoms with E-state index in [1.165, 1.54) is 32.9 Å². The van der Waals surface area contributed by atoms with E-state index in [0.29, 0.717) is 19.3 Å². The van der Waals surface area contributed by atoms with E-state index in [9.17, 15) is 29.7 Å². The Morgan fingerprint density at radius 3 is 2.03 bits per heavy atom. The predicted octanol–water partition coefficient (Wildman–Crippen LogP) is 2.05. The van der Waals surface area contributed by atoms with E-state index in [0.717, 1.165) is 30.4 Å². The van der Waals surface area contributed by atoms with Crippen LogP contribution in [0.3, 0.4) is 0 Å². The van der Waals surface area contributed by atoms with Crippen LogP contribution in [0.25, 0.3) is 0 Å². The molecular formula is C24H32O6. The van der Waals surface area contributed by atoms with Crippen molar-refractivity contribution in [2.75, 3.05) is 0 Å². The molecule has 4 rings (SSSR count). The number of carbonyl (C=O) groups excluding carboxylic acids is 3. The van der Waals surface area contributed by atoms with E-state index in [1.54, 1.807) is 0 Å². The van der Waals surface area contributed by atoms with Crippen molar-refractivity contribution in [2.24, 2.45) is 23.2 Å². The third-order valence-corrected chi connectivity index (χ3v) is 9.09. The van der Waals surface area contributed by atoms with Crippen molar-refractivity contribution in [3.63, 3.8) is 0 Å². The molecule has 0 aromatic carbocycles. The highest BCUT2D eigenvalue weighted by molar-refractivity contribution is 6.01. The lowest BCUT2D eigenvalue weighted by atomic mass is 9.51. The van der Waals surface area contributed by atoms with Gasteiger partial charge in [0.1, 0.15) is 5.60 Å². The van der Waals surface area contributed by atoms with Crippen molar-refractivity contribution in [3.8, 4) is 0 Å². The van der Waals surface area contributed by atoms with Gasteiger partial charge in [0.25, 0.3) is 0 Å². The lowest BCUT2D eigenvalue weighted by Gasteiger charge is -2.54. The second-order valence-electron chi connectivity index (χ2n) is 10.2. The van der Waals surface area contributed by atoms with Gasteiger partial charge in [0, 0.05) is 5.41 Å². The number of aliphatic hydroxyl groups is 3. The molecule has 4 aliphatic carbocycles. The molecule has 0 radical (unpaired) electrons. The number of fused-ring (bicyclic) bond motifs is 5. The van der Waals surface area contributed by atoms with E-state index in [-0.39, 0.29) is 23.5 Å². The van der Waals surface area contributed by atoms with Crippen LogP contribution in [0.4, 0.5) is 0 Å². The van der Waals surface area contributed by atoms with Gasteiger partial charge in [-0.05, 0) is 100 Å². The minimum Gasteiger partial charge on any atom is -0.382 e. The average molecular weight is 417 g/mol. The van der Waals surface area contributed by atoms with E-state index in [4.69, 9.17) is 0 Å². The predicted molar refractivity (Wildman–Crippen MR) is 109 cm³/mol. The number of Topliss-reactive ketones (excluding diaryl/α,β-unsaturated/α-hetero) is 3. The van der Waals surface area contributed by atoms with Gasteiger partial charge >= 0.3 is 0 Å². The van der Waals surface area contributed by atoms with Crippen molar-refractivity contribution in [3.05, 3.63) is 23.3 Å². The van der Waals surface area contributed by atoms with Gasteiger partial charge in [-0.3, -0.25) is 14.4 Å². The Labute approximate surface area is 177 Å². The molecule has 3 N–H and O–H groups in total. The summed E-state index contributed by atoms with van der Waals surface area (Å²) < 4.78 is 0. The van der Waals surface area contributed by atoms with Crippen LogP contribution in [-0.2, 0) is 14.4 Å². The monoisotopic (exact) mass is 416 g/mol. The SMILES string of the molecule is CC(=O)C1(O)C=C2CC[C@@H]3[C@H](CC[C@@]4(C)[C@H]3CC[C@@]4(O)C(C)=O)C2=CC1(O)C(C)=O. The molecule has 30 heavy (non-hydrogen) atoms. The molecule has 2 unspecified atom stereocenters. The number of allylic oxidation sites excluding steroid dienone is 2. The summed E-state index contributed by atoms with van der Waals surface area (Å²) in [5, 5.41) is 33.3. The summed E-state index contributed by atoms with van der Waals surface area (Å²) in [6.07, 6.45) is 6.92. The normalized spacial score (nSPS) is 47.4. The largest absolute Gasteiger partial charge is 0.382 e. The van der Waals surface area contributed by atoms with Crippen LogP contribution in [0.2, 0.25) is 0 Å². The summed E-state index contributed by atoms with van der Waals surface area (Å²) >= 11 is 0. The first-order valence-corrected chi connectivity index (χ1v) is 11.0. The van der Waals surface area contributed by atoms with Crippen molar-refractivity contribution in [1.29, 1.82) is 0 Å². The Morgan fingerprint density at radius 2 is 1.47 bits per heavy atom. The molecule has 0 aromatic heterocycles. The number of rotatable bonds is 3. The van der Waals surface area contributed by atoms with E-state index < -0.39 is 33.8 Å². The molecule has 6 nitrogen and oxygen atoms in total. The van der Waals surface area contributed by atoms with Crippen LogP contribution in [0.5, 0.6) is 0 Å². The summed E-state index contributed by atoms with van der Waals surface area (Å²) in [5.74, 6) is -1.04. The highest BCUT2D eigenvalue weighted by Crippen LogP contribution is 2.65. The molecule has 164 valence electrons. The van der Waals surface area contributed by atoms with Crippen LogP contribution in [0.1, 0.15) is 66.2 Å². The molecule has 3 fully saturated rings. The number of ketones is 3. The average Bonchev–Trinajstić information content (AvgIpc) is 2.95. The molecule has 7 atom stereocenters. The molecule has 0 spiro atoms. The van der Waals surface area contributed by atoms with Crippen molar-refractivity contribution < 1.29 is 29.7 Å². The smallest absolute Gasteiger partial charge is 0.180 e. The van der Waals surface area contributed by atoms with Crippen LogP contribution in [-0.4, -0.2) is 49.5 Å². The highest BCUT2D eigenvalue weighted by atomic mass is 16.4. The molecule has 0 bridgehead atoms. The van der Waals surface area contributed by atoms with Gasteiger partial charge in [0.05, 0.1) is 0 Å². The van der Waals surface area contributed by atoms with Crippen molar-refractivity contribution in [2.45, 2.75) is 83.0 Å². The standard InChI is InChI=1S/C24H32O6/c1-13(25)22(28)10-8-20-18-6-5-16-11-23(29,14(2)26)24(30,15(3)27)12-19(16)17(18)7-9-21(20,22)4/h11-12,17-18,20,28-30H,5-10H2,1-4H3/t17-,18+,20-,21-,22+,23?,24?/m0/s1. The zero-order valence-electron chi connectivity index (χ0n) is 18.2. The van der Waals surface area contributed by atoms with Gasteiger partial charge in [-0.2, -0.15) is 0 Å². The number of carbonyl (C=O) groups is 3. The maximum atomic E-state index is 12.4. The summed E-state index contributed by atoms with van der Waals surface area (Å²) in [6.45, 7) is 5.87. The number of hydrogen-bond acceptors (Lipinski definition) is 6. The quantitative estimate of drug-likeness (QED) is 0.649. The second kappa shape index (κ2) is 6.44. The first kappa shape index (κ1) is 21.6. The van der Waals surface area contributed by atoms with Gasteiger partial charge < -0.3 is 15.3 Å². The molecule has 6 heteroatoms. The Bertz CT molecular complexity index is 901. The Kier molecular flexibility index (Phi) is 4.63. The summed E-state index contributed by atoms with van der Waals surface area (Å²) in [6, 6.07) is 0. The van der Waals surface area contributed by atoms with Crippen molar-refractivity contribution >= 4 is 17.3 Å². The van der Waals surface area contributed by atoms with Crippen LogP contribution < -0.4 is 0 Å². The minimum atomic E-state index is -2.28. The molecule has 0 aliphatic heterocycles. The first-order chi connectivity index (χ1) is 13.8. The summed E-state index contributed by atoms with van der Waals surface area (Å²) in [5.41, 5.74) is -4.65. The zero-order valence-corrected chi connectivity index (χ0v) is 18.2. The Balaban J connectivity index is 1.76. The molecule has 4 aliphatic rings.